The second-order valence-corrected chi connectivity index (χ2v) is 5.59. The van der Waals surface area contributed by atoms with E-state index in [2.05, 4.69) is 0 Å². The number of Topliss-reactive ketones (excluding diaryl/α,β-unsaturated/α-hetero) is 1. The zero-order valence-corrected chi connectivity index (χ0v) is 13.5. The van der Waals surface area contributed by atoms with Gasteiger partial charge in [-0.05, 0) is 65.1 Å². The number of carbonyl (C=O) groups excluding carboxylic acids is 1. The highest BCUT2D eigenvalue weighted by Crippen LogP contribution is 2.27. The number of hydrogen-bond acceptors (Lipinski definition) is 3. The second kappa shape index (κ2) is 6.71. The predicted molar refractivity (Wildman–Crippen MR) is 87.3 cm³/mol. The van der Waals surface area contributed by atoms with Crippen LogP contribution in [-0.4, -0.2) is 16.9 Å². The first-order valence-corrected chi connectivity index (χ1v) is 7.43. The molecule has 0 radical (unpaired) electrons. The van der Waals surface area contributed by atoms with Crippen LogP contribution in [0.3, 0.4) is 0 Å². The molecule has 0 saturated carbocycles. The second-order valence-electron chi connectivity index (χ2n) is 4.35. The minimum Gasteiger partial charge on any atom is -0.478 e. The molecular weight excluding hydrogens is 383 g/mol. The van der Waals surface area contributed by atoms with Gasteiger partial charge >= 0.3 is 5.97 Å². The lowest BCUT2D eigenvalue weighted by atomic mass is 10.1. The molecule has 21 heavy (non-hydrogen) atoms. The summed E-state index contributed by atoms with van der Waals surface area (Å²) in [7, 11) is 0. The minimum atomic E-state index is -1.04. The maximum atomic E-state index is 11.5. The van der Waals surface area contributed by atoms with E-state index in [1.165, 1.54) is 0 Å². The van der Waals surface area contributed by atoms with Crippen molar-refractivity contribution in [1.82, 2.24) is 0 Å². The summed E-state index contributed by atoms with van der Waals surface area (Å²) in [6.45, 7) is 1.80. The summed E-state index contributed by atoms with van der Waals surface area (Å²) in [6.07, 6.45) is 0.445. The number of ketones is 1. The van der Waals surface area contributed by atoms with Crippen LogP contribution in [0.1, 0.15) is 34.1 Å². The Hall–Kier alpha value is -1.89. The van der Waals surface area contributed by atoms with E-state index in [4.69, 9.17) is 4.74 Å². The SMILES string of the molecule is CCC(=O)c1ccc(Oc2ccc(I)cc2C(=O)O)cc1. The van der Waals surface area contributed by atoms with Crippen LogP contribution in [-0.2, 0) is 0 Å². The van der Waals surface area contributed by atoms with Crippen LogP contribution < -0.4 is 4.74 Å². The van der Waals surface area contributed by atoms with Crippen LogP contribution in [0.15, 0.2) is 42.5 Å². The molecule has 0 aliphatic carbocycles. The third-order valence-corrected chi connectivity index (χ3v) is 3.57. The summed E-state index contributed by atoms with van der Waals surface area (Å²) >= 11 is 2.05. The van der Waals surface area contributed by atoms with Crippen LogP contribution in [0.2, 0.25) is 0 Å². The first-order valence-electron chi connectivity index (χ1n) is 6.35. The van der Waals surface area contributed by atoms with Crippen molar-refractivity contribution in [3.8, 4) is 11.5 Å². The number of ether oxygens (including phenoxy) is 1. The molecule has 0 aliphatic rings. The predicted octanol–water partition coefficient (Wildman–Crippen LogP) is 4.37. The number of benzene rings is 2. The van der Waals surface area contributed by atoms with Gasteiger partial charge in [0.25, 0.3) is 0 Å². The van der Waals surface area contributed by atoms with E-state index in [0.717, 1.165) is 3.57 Å². The molecule has 1 N–H and O–H groups in total. The summed E-state index contributed by atoms with van der Waals surface area (Å²) in [4.78, 5) is 22.8. The summed E-state index contributed by atoms with van der Waals surface area (Å²) < 4.78 is 6.42. The zero-order chi connectivity index (χ0) is 15.4. The molecule has 0 unspecified atom stereocenters. The Morgan fingerprint density at radius 3 is 2.38 bits per heavy atom. The summed E-state index contributed by atoms with van der Waals surface area (Å²) in [6, 6.07) is 11.6. The van der Waals surface area contributed by atoms with Crippen molar-refractivity contribution in [2.75, 3.05) is 0 Å². The number of carboxylic acids is 1. The van der Waals surface area contributed by atoms with Gasteiger partial charge in [0.05, 0.1) is 0 Å². The highest BCUT2D eigenvalue weighted by atomic mass is 127. The van der Waals surface area contributed by atoms with Gasteiger partial charge in [0.15, 0.2) is 5.78 Å². The van der Waals surface area contributed by atoms with Gasteiger partial charge in [0.2, 0.25) is 0 Å². The summed E-state index contributed by atoms with van der Waals surface area (Å²) in [5, 5.41) is 9.19. The molecule has 2 aromatic carbocycles. The smallest absolute Gasteiger partial charge is 0.339 e. The van der Waals surface area contributed by atoms with E-state index in [-0.39, 0.29) is 17.1 Å². The molecular formula is C16H13IO4. The average molecular weight is 396 g/mol. The van der Waals surface area contributed by atoms with Gasteiger partial charge < -0.3 is 9.84 Å². The fraction of sp³-hybridized carbons (Fsp3) is 0.125. The van der Waals surface area contributed by atoms with E-state index in [9.17, 15) is 14.7 Å². The van der Waals surface area contributed by atoms with Crippen LogP contribution in [0, 0.1) is 3.57 Å². The van der Waals surface area contributed by atoms with Crippen molar-refractivity contribution >= 4 is 34.3 Å². The Morgan fingerprint density at radius 2 is 1.81 bits per heavy atom. The normalized spacial score (nSPS) is 10.2. The topological polar surface area (TPSA) is 63.6 Å². The molecule has 4 nitrogen and oxygen atoms in total. The van der Waals surface area contributed by atoms with Gasteiger partial charge in [-0.15, -0.1) is 0 Å². The molecule has 0 atom stereocenters. The quantitative estimate of drug-likeness (QED) is 0.602. The molecule has 0 aliphatic heterocycles. The highest BCUT2D eigenvalue weighted by Gasteiger charge is 2.13. The van der Waals surface area contributed by atoms with E-state index in [0.29, 0.717) is 17.7 Å². The van der Waals surface area contributed by atoms with Gasteiger partial charge in [-0.1, -0.05) is 6.92 Å². The zero-order valence-electron chi connectivity index (χ0n) is 11.3. The Morgan fingerprint density at radius 1 is 1.14 bits per heavy atom. The third kappa shape index (κ3) is 3.81. The van der Waals surface area contributed by atoms with Gasteiger partial charge in [0, 0.05) is 15.6 Å². The van der Waals surface area contributed by atoms with Gasteiger partial charge in [-0.25, -0.2) is 4.79 Å². The van der Waals surface area contributed by atoms with Crippen molar-refractivity contribution in [2.24, 2.45) is 0 Å². The van der Waals surface area contributed by atoms with Gasteiger partial charge in [0.1, 0.15) is 17.1 Å². The molecule has 0 aromatic heterocycles. The van der Waals surface area contributed by atoms with Crippen LogP contribution in [0.25, 0.3) is 0 Å². The average Bonchev–Trinajstić information content (AvgIpc) is 2.49. The highest BCUT2D eigenvalue weighted by molar-refractivity contribution is 14.1. The molecule has 0 fully saturated rings. The molecule has 2 rings (SSSR count). The molecule has 0 saturated heterocycles. The Kier molecular flexibility index (Phi) is 4.95. The first kappa shape index (κ1) is 15.5. The van der Waals surface area contributed by atoms with Crippen molar-refractivity contribution in [2.45, 2.75) is 13.3 Å². The number of rotatable bonds is 5. The Labute approximate surface area is 135 Å². The summed E-state index contributed by atoms with van der Waals surface area (Å²) in [5.41, 5.74) is 0.724. The maximum absolute atomic E-state index is 11.5. The van der Waals surface area contributed by atoms with Crippen molar-refractivity contribution in [3.05, 3.63) is 57.2 Å². The number of aromatic carboxylic acids is 1. The minimum absolute atomic E-state index is 0.0574. The molecule has 108 valence electrons. The fourth-order valence-electron chi connectivity index (χ4n) is 1.80. The number of carbonyl (C=O) groups is 2. The monoisotopic (exact) mass is 396 g/mol. The molecule has 2 aromatic rings. The molecule has 0 spiro atoms. The summed E-state index contributed by atoms with van der Waals surface area (Å²) in [5.74, 6) is -0.216. The number of carboxylic acid groups (broad SMARTS) is 1. The lowest BCUT2D eigenvalue weighted by molar-refractivity contribution is 0.0694. The van der Waals surface area contributed by atoms with Gasteiger partial charge in [-0.2, -0.15) is 0 Å². The third-order valence-electron chi connectivity index (χ3n) is 2.90. The molecule has 0 amide bonds. The number of halogens is 1. The van der Waals surface area contributed by atoms with Crippen molar-refractivity contribution in [1.29, 1.82) is 0 Å². The van der Waals surface area contributed by atoms with Crippen LogP contribution >= 0.6 is 22.6 Å². The lowest BCUT2D eigenvalue weighted by Gasteiger charge is -2.09. The Bertz CT molecular complexity index is 677. The van der Waals surface area contributed by atoms with E-state index in [1.807, 2.05) is 22.6 Å². The van der Waals surface area contributed by atoms with Gasteiger partial charge in [-0.3, -0.25) is 4.79 Å². The van der Waals surface area contributed by atoms with E-state index >= 15 is 0 Å². The maximum Gasteiger partial charge on any atom is 0.339 e. The fourth-order valence-corrected chi connectivity index (χ4v) is 2.29. The largest absolute Gasteiger partial charge is 0.478 e. The molecule has 5 heteroatoms. The number of hydrogen-bond donors (Lipinski definition) is 1. The van der Waals surface area contributed by atoms with E-state index < -0.39 is 5.97 Å². The first-order chi connectivity index (χ1) is 10.0. The van der Waals surface area contributed by atoms with E-state index in [1.54, 1.807) is 49.4 Å². The van der Waals surface area contributed by atoms with Crippen molar-refractivity contribution < 1.29 is 19.4 Å². The lowest BCUT2D eigenvalue weighted by Crippen LogP contribution is -2.01. The standard InChI is InChI=1S/C16H13IO4/c1-2-14(18)10-3-6-12(7-4-10)21-15-8-5-11(17)9-13(15)16(19)20/h3-9H,2H2,1H3,(H,19,20). The van der Waals surface area contributed by atoms with Crippen molar-refractivity contribution in [3.63, 3.8) is 0 Å². The van der Waals surface area contributed by atoms with Crippen LogP contribution in [0.5, 0.6) is 11.5 Å². The molecule has 0 bridgehead atoms. The Balaban J connectivity index is 2.26. The van der Waals surface area contributed by atoms with Crippen LogP contribution in [0.4, 0.5) is 0 Å². The molecule has 0 heterocycles.